The van der Waals surface area contributed by atoms with Crippen molar-refractivity contribution in [2.24, 2.45) is 0 Å². The van der Waals surface area contributed by atoms with Gasteiger partial charge in [-0.05, 0) is 6.42 Å². The predicted molar refractivity (Wildman–Crippen MR) is 86.5 cm³/mol. The molecule has 0 aromatic rings. The van der Waals surface area contributed by atoms with E-state index in [1.807, 2.05) is 6.92 Å². The van der Waals surface area contributed by atoms with Crippen molar-refractivity contribution < 1.29 is 21.6 Å². The Labute approximate surface area is 136 Å². The summed E-state index contributed by atoms with van der Waals surface area (Å²) in [5.41, 5.74) is 0. The van der Waals surface area contributed by atoms with Crippen molar-refractivity contribution in [1.29, 1.82) is 0 Å². The Kier molecular flexibility index (Phi) is 13.0. The smallest absolute Gasteiger partial charge is 0.300 e. The maximum absolute atomic E-state index is 11.5. The van der Waals surface area contributed by atoms with Gasteiger partial charge in [-0.1, -0.05) is 27.2 Å². The second-order valence-electron chi connectivity index (χ2n) is 4.34. The third-order valence-electron chi connectivity index (χ3n) is 2.14. The number of halogens is 2. The van der Waals surface area contributed by atoms with Gasteiger partial charge in [0.15, 0.2) is 0 Å². The highest BCUT2D eigenvalue weighted by atomic mass is 36.0. The highest BCUT2D eigenvalue weighted by Gasteiger charge is 2.25. The van der Waals surface area contributed by atoms with E-state index in [1.54, 1.807) is 0 Å². The molecule has 0 bridgehead atoms. The molecule has 0 N–H and O–H groups in total. The fourth-order valence-corrected chi connectivity index (χ4v) is 2.91. The molecule has 6 nitrogen and oxygen atoms in total. The van der Waals surface area contributed by atoms with E-state index in [0.717, 1.165) is 0 Å². The number of ketones is 1. The van der Waals surface area contributed by atoms with E-state index in [4.69, 9.17) is 8.42 Å². The van der Waals surface area contributed by atoms with Crippen LogP contribution >= 0.6 is 21.4 Å². The molecule has 1 fully saturated rings. The van der Waals surface area contributed by atoms with Crippen LogP contribution in [0.3, 0.4) is 0 Å². The molecule has 0 saturated carbocycles. The molecular formula is C11H23Cl2NO5S2. The minimum absolute atomic E-state index is 0.169. The Morgan fingerprint density at radius 2 is 1.33 bits per heavy atom. The third kappa shape index (κ3) is 16.3. The first-order valence-electron chi connectivity index (χ1n) is 6.61. The number of carbonyl (C=O) groups excluding carboxylic acids is 1. The number of hydrogen-bond acceptors (Lipinski definition) is 5. The number of piperidine rings is 1. The highest BCUT2D eigenvalue weighted by molar-refractivity contribution is 8.31. The van der Waals surface area contributed by atoms with Crippen LogP contribution in [0.15, 0.2) is 0 Å². The molecule has 0 aromatic heterocycles. The number of carbonyl (C=O) groups is 1. The first-order chi connectivity index (χ1) is 9.47. The molecule has 0 amide bonds. The zero-order valence-corrected chi connectivity index (χ0v) is 15.7. The van der Waals surface area contributed by atoms with Gasteiger partial charge in [0.1, 0.15) is 5.78 Å². The number of rotatable bonds is 3. The Balaban J connectivity index is 0. The van der Waals surface area contributed by atoms with E-state index in [2.05, 4.69) is 35.2 Å². The van der Waals surface area contributed by atoms with Crippen molar-refractivity contribution >= 4 is 45.4 Å². The number of nitrogens with zero attached hydrogens (tertiary/aromatic N) is 1. The molecule has 0 spiro atoms. The van der Waals surface area contributed by atoms with Gasteiger partial charge in [-0.25, -0.2) is 12.7 Å². The maximum Gasteiger partial charge on any atom is 0.317 e. The van der Waals surface area contributed by atoms with Crippen LogP contribution in [0, 0.1) is 0 Å². The van der Waals surface area contributed by atoms with Crippen molar-refractivity contribution in [3.63, 3.8) is 0 Å². The van der Waals surface area contributed by atoms with Crippen molar-refractivity contribution in [3.05, 3.63) is 0 Å². The maximum atomic E-state index is 11.5. The van der Waals surface area contributed by atoms with Crippen LogP contribution in [0.5, 0.6) is 0 Å². The lowest BCUT2D eigenvalue weighted by atomic mass is 10.1. The Morgan fingerprint density at radius 3 is 1.62 bits per heavy atom. The molecule has 0 atom stereocenters. The molecule has 1 aliphatic heterocycles. The van der Waals surface area contributed by atoms with E-state index in [-0.39, 0.29) is 11.5 Å². The summed E-state index contributed by atoms with van der Waals surface area (Å²) in [4.78, 5) is 10.9. The molecule has 1 saturated heterocycles. The molecule has 10 heteroatoms. The van der Waals surface area contributed by atoms with Crippen LogP contribution < -0.4 is 0 Å². The zero-order valence-electron chi connectivity index (χ0n) is 12.5. The summed E-state index contributed by atoms with van der Waals surface area (Å²) in [5.74, 6) is 0.365. The first kappa shape index (κ1) is 23.4. The first-order valence-corrected chi connectivity index (χ1v) is 11.4. The normalized spacial score (nSPS) is 16.3. The second kappa shape index (κ2) is 11.6. The molecule has 0 aliphatic carbocycles. The van der Waals surface area contributed by atoms with E-state index < -0.39 is 18.3 Å². The monoisotopic (exact) mass is 383 g/mol. The molecule has 128 valence electrons. The Bertz CT molecular complexity index is 473. The fraction of sp³-hybridized carbons (Fsp3) is 0.909. The van der Waals surface area contributed by atoms with E-state index in [9.17, 15) is 13.2 Å². The van der Waals surface area contributed by atoms with Crippen LogP contribution in [0.4, 0.5) is 0 Å². The van der Waals surface area contributed by atoms with E-state index in [1.165, 1.54) is 10.7 Å². The van der Waals surface area contributed by atoms with Gasteiger partial charge in [0.05, 0.1) is 5.75 Å². The summed E-state index contributed by atoms with van der Waals surface area (Å²) >= 11 is 0. The van der Waals surface area contributed by atoms with E-state index in [0.29, 0.717) is 32.4 Å². The highest BCUT2D eigenvalue weighted by Crippen LogP contribution is 2.11. The second-order valence-corrected chi connectivity index (χ2v) is 10.1. The van der Waals surface area contributed by atoms with Gasteiger partial charge in [0, 0.05) is 47.3 Å². The summed E-state index contributed by atoms with van der Waals surface area (Å²) in [6, 6.07) is 0. The molecule has 0 aromatic carbocycles. The molecule has 21 heavy (non-hydrogen) atoms. The zero-order chi connectivity index (χ0) is 17.1. The van der Waals surface area contributed by atoms with Gasteiger partial charge in [0.25, 0.3) is 0 Å². The summed E-state index contributed by atoms with van der Waals surface area (Å²) in [6.07, 6.45) is 2.64. The fourth-order valence-electron chi connectivity index (χ4n) is 1.40. The summed E-state index contributed by atoms with van der Waals surface area (Å²) in [5, 5.41) is 0. The SMILES string of the molecule is CCC.CCCS(=O)(=O)N1CCC(=O)CC1.O=S(=O)(Cl)Cl. The van der Waals surface area contributed by atoms with Gasteiger partial charge in [-0.2, -0.15) is 8.42 Å². The lowest BCUT2D eigenvalue weighted by molar-refractivity contribution is -0.120. The Morgan fingerprint density at radius 1 is 1.00 bits per heavy atom. The predicted octanol–water partition coefficient (Wildman–Crippen LogP) is 2.52. The minimum Gasteiger partial charge on any atom is -0.300 e. The summed E-state index contributed by atoms with van der Waals surface area (Å²) in [7, 11) is 1.74. The van der Waals surface area contributed by atoms with Gasteiger partial charge >= 0.3 is 8.26 Å². The minimum atomic E-state index is -3.72. The van der Waals surface area contributed by atoms with Crippen LogP contribution in [0.1, 0.15) is 46.5 Å². The van der Waals surface area contributed by atoms with Crippen LogP contribution in [-0.2, 0) is 23.1 Å². The topological polar surface area (TPSA) is 88.6 Å². The number of hydrogen-bond donors (Lipinski definition) is 0. The van der Waals surface area contributed by atoms with Crippen molar-refractivity contribution in [1.82, 2.24) is 4.31 Å². The van der Waals surface area contributed by atoms with Crippen LogP contribution in [-0.4, -0.2) is 45.8 Å². The lowest BCUT2D eigenvalue weighted by Gasteiger charge is -2.24. The Hall–Kier alpha value is 0.110. The van der Waals surface area contributed by atoms with Gasteiger partial charge < -0.3 is 0 Å². The van der Waals surface area contributed by atoms with Crippen LogP contribution in [0.25, 0.3) is 0 Å². The average molecular weight is 384 g/mol. The molecule has 1 rings (SSSR count). The lowest BCUT2D eigenvalue weighted by Crippen LogP contribution is -2.39. The van der Waals surface area contributed by atoms with Crippen molar-refractivity contribution in [2.45, 2.75) is 46.5 Å². The van der Waals surface area contributed by atoms with Gasteiger partial charge in [0.2, 0.25) is 10.0 Å². The molecule has 0 radical (unpaired) electrons. The molecular weight excluding hydrogens is 361 g/mol. The molecule has 1 heterocycles. The molecule has 1 aliphatic rings. The largest absolute Gasteiger partial charge is 0.317 e. The van der Waals surface area contributed by atoms with Gasteiger partial charge in [-0.15, -0.1) is 0 Å². The molecule has 0 unspecified atom stereocenters. The third-order valence-corrected chi connectivity index (χ3v) is 4.21. The summed E-state index contributed by atoms with van der Waals surface area (Å²) in [6.45, 7) is 6.84. The van der Waals surface area contributed by atoms with Crippen molar-refractivity contribution in [2.75, 3.05) is 18.8 Å². The van der Waals surface area contributed by atoms with Crippen LogP contribution in [0.2, 0.25) is 0 Å². The number of sulfonamides is 1. The number of Topliss-reactive ketones (excluding diaryl/α,β-unsaturated/α-hetero) is 1. The van der Waals surface area contributed by atoms with E-state index >= 15 is 0 Å². The van der Waals surface area contributed by atoms with Gasteiger partial charge in [-0.3, -0.25) is 4.79 Å². The standard InChI is InChI=1S/C8H15NO3S.C3H8.Cl2O2S/c1-2-7-13(11,12)9-5-3-8(10)4-6-9;1-3-2;1-5(2,3)4/h2-7H2,1H3;3H2,1-2H3;. The van der Waals surface area contributed by atoms with Crippen molar-refractivity contribution in [3.8, 4) is 0 Å². The quantitative estimate of drug-likeness (QED) is 0.698. The average Bonchev–Trinajstić information content (AvgIpc) is 2.28. The summed E-state index contributed by atoms with van der Waals surface area (Å²) < 4.78 is 42.8.